The molecule has 0 saturated carbocycles. The van der Waals surface area contributed by atoms with Crippen molar-refractivity contribution in [1.82, 2.24) is 4.90 Å². The van der Waals surface area contributed by atoms with E-state index in [2.05, 4.69) is 0 Å². The van der Waals surface area contributed by atoms with Crippen molar-refractivity contribution in [3.05, 3.63) is 77.4 Å². The number of hydrogen-bond donors (Lipinski definition) is 0. The first-order chi connectivity index (χ1) is 12.4. The molecule has 1 aliphatic heterocycles. The van der Waals surface area contributed by atoms with Gasteiger partial charge in [0.25, 0.3) is 0 Å². The molecule has 2 nitrogen and oxygen atoms in total. The second-order valence-electron chi connectivity index (χ2n) is 6.46. The number of benzene rings is 2. The van der Waals surface area contributed by atoms with E-state index in [1.807, 2.05) is 36.1 Å². The van der Waals surface area contributed by atoms with Crippen molar-refractivity contribution in [2.45, 2.75) is 25.6 Å². The van der Waals surface area contributed by atoms with E-state index in [-0.39, 0.29) is 11.8 Å². The number of carbonyl (C=O) groups excluding carboxylic acids is 1. The van der Waals surface area contributed by atoms with Crippen LogP contribution in [-0.2, 0) is 6.18 Å². The zero-order valence-corrected chi connectivity index (χ0v) is 14.5. The average molecular weight is 359 g/mol. The van der Waals surface area contributed by atoms with Gasteiger partial charge in [-0.25, -0.2) is 0 Å². The summed E-state index contributed by atoms with van der Waals surface area (Å²) in [6.45, 7) is 3.06. The van der Waals surface area contributed by atoms with Crippen molar-refractivity contribution in [2.75, 3.05) is 13.1 Å². The van der Waals surface area contributed by atoms with Gasteiger partial charge in [-0.3, -0.25) is 9.69 Å². The fraction of sp³-hybridized carbons (Fsp3) is 0.286. The molecule has 0 amide bonds. The van der Waals surface area contributed by atoms with Crippen LogP contribution < -0.4 is 0 Å². The standard InChI is InChI=1S/C21H20F3NO/c1-15(20(26)17-6-3-2-4-7-17)25-12-10-16(11-13-25)18-8-5-9-19(14-18)21(22,23)24/h2-10,14-15H,11-13H2,1H3. The van der Waals surface area contributed by atoms with Crippen LogP contribution >= 0.6 is 0 Å². The van der Waals surface area contributed by atoms with Crippen molar-refractivity contribution in [3.63, 3.8) is 0 Å². The van der Waals surface area contributed by atoms with Gasteiger partial charge in [-0.05, 0) is 36.6 Å². The highest BCUT2D eigenvalue weighted by molar-refractivity contribution is 5.99. The van der Waals surface area contributed by atoms with Crippen molar-refractivity contribution < 1.29 is 18.0 Å². The molecule has 1 aliphatic rings. The summed E-state index contributed by atoms with van der Waals surface area (Å²) in [6.07, 6.45) is -1.80. The third kappa shape index (κ3) is 4.05. The molecule has 0 spiro atoms. The van der Waals surface area contributed by atoms with Gasteiger partial charge in [0.15, 0.2) is 5.78 Å². The smallest absolute Gasteiger partial charge is 0.292 e. The Kier molecular flexibility index (Phi) is 5.28. The van der Waals surface area contributed by atoms with Gasteiger partial charge in [-0.1, -0.05) is 48.5 Å². The van der Waals surface area contributed by atoms with Crippen LogP contribution in [0.5, 0.6) is 0 Å². The van der Waals surface area contributed by atoms with E-state index in [1.54, 1.807) is 18.2 Å². The van der Waals surface area contributed by atoms with Gasteiger partial charge in [0.1, 0.15) is 0 Å². The minimum atomic E-state index is -4.34. The maximum Gasteiger partial charge on any atom is 0.416 e. The van der Waals surface area contributed by atoms with Crippen molar-refractivity contribution >= 4 is 11.4 Å². The fourth-order valence-electron chi connectivity index (χ4n) is 3.20. The van der Waals surface area contributed by atoms with Gasteiger partial charge in [0.2, 0.25) is 0 Å². The highest BCUT2D eigenvalue weighted by Crippen LogP contribution is 2.32. The number of rotatable bonds is 4. The van der Waals surface area contributed by atoms with Crippen LogP contribution in [0.15, 0.2) is 60.7 Å². The molecule has 1 heterocycles. The van der Waals surface area contributed by atoms with E-state index in [0.29, 0.717) is 30.6 Å². The predicted molar refractivity (Wildman–Crippen MR) is 95.8 cm³/mol. The quantitative estimate of drug-likeness (QED) is 0.711. The molecule has 0 radical (unpaired) electrons. The topological polar surface area (TPSA) is 20.3 Å². The van der Waals surface area contributed by atoms with Gasteiger partial charge in [-0.2, -0.15) is 13.2 Å². The van der Waals surface area contributed by atoms with Gasteiger partial charge < -0.3 is 0 Å². The van der Waals surface area contributed by atoms with Crippen molar-refractivity contribution in [1.29, 1.82) is 0 Å². The van der Waals surface area contributed by atoms with E-state index >= 15 is 0 Å². The van der Waals surface area contributed by atoms with Gasteiger partial charge in [-0.15, -0.1) is 0 Å². The average Bonchev–Trinajstić information content (AvgIpc) is 2.67. The molecular weight excluding hydrogens is 339 g/mol. The molecule has 0 aliphatic carbocycles. The number of carbonyl (C=O) groups is 1. The SMILES string of the molecule is CC(C(=O)c1ccccc1)N1CC=C(c2cccc(C(F)(F)F)c2)CC1. The molecule has 0 aromatic heterocycles. The second-order valence-corrected chi connectivity index (χ2v) is 6.46. The van der Waals surface area contributed by atoms with E-state index < -0.39 is 11.7 Å². The van der Waals surface area contributed by atoms with Crippen LogP contribution in [0.25, 0.3) is 5.57 Å². The molecular formula is C21H20F3NO. The Morgan fingerprint density at radius 3 is 2.42 bits per heavy atom. The molecule has 5 heteroatoms. The van der Waals surface area contributed by atoms with E-state index in [9.17, 15) is 18.0 Å². The summed E-state index contributed by atoms with van der Waals surface area (Å²) in [5, 5.41) is 0. The van der Waals surface area contributed by atoms with Crippen molar-refractivity contribution in [3.8, 4) is 0 Å². The Labute approximate surface area is 150 Å². The third-order valence-corrected chi connectivity index (χ3v) is 4.79. The Hall–Kier alpha value is -2.40. The normalized spacial score (nSPS) is 16.8. The zero-order valence-electron chi connectivity index (χ0n) is 14.5. The number of halogens is 3. The van der Waals surface area contributed by atoms with Gasteiger partial charge >= 0.3 is 6.18 Å². The van der Waals surface area contributed by atoms with E-state index in [4.69, 9.17) is 0 Å². The third-order valence-electron chi connectivity index (χ3n) is 4.79. The number of hydrogen-bond acceptors (Lipinski definition) is 2. The maximum absolute atomic E-state index is 12.9. The molecule has 0 fully saturated rings. The van der Waals surface area contributed by atoms with Crippen LogP contribution in [0.4, 0.5) is 13.2 Å². The minimum Gasteiger partial charge on any atom is -0.292 e. The summed E-state index contributed by atoms with van der Waals surface area (Å²) in [4.78, 5) is 14.6. The van der Waals surface area contributed by atoms with E-state index in [0.717, 1.165) is 11.6 Å². The number of alkyl halides is 3. The minimum absolute atomic E-state index is 0.0570. The van der Waals surface area contributed by atoms with Crippen LogP contribution in [0, 0.1) is 0 Å². The molecule has 0 N–H and O–H groups in total. The Bertz CT molecular complexity index is 812. The molecule has 0 saturated heterocycles. The van der Waals surface area contributed by atoms with Crippen molar-refractivity contribution in [2.24, 2.45) is 0 Å². The Balaban J connectivity index is 1.71. The highest BCUT2D eigenvalue weighted by Gasteiger charge is 2.31. The lowest BCUT2D eigenvalue weighted by Gasteiger charge is -2.31. The predicted octanol–water partition coefficient (Wildman–Crippen LogP) is 5.07. The first kappa shape index (κ1) is 18.4. The van der Waals surface area contributed by atoms with Crippen LogP contribution in [0.3, 0.4) is 0 Å². The first-order valence-corrected chi connectivity index (χ1v) is 8.56. The van der Waals surface area contributed by atoms with Gasteiger partial charge in [0.05, 0.1) is 11.6 Å². The Morgan fingerprint density at radius 1 is 1.08 bits per heavy atom. The van der Waals surface area contributed by atoms with Crippen LogP contribution in [0.1, 0.15) is 34.8 Å². The zero-order chi connectivity index (χ0) is 18.7. The lowest BCUT2D eigenvalue weighted by molar-refractivity contribution is -0.137. The lowest BCUT2D eigenvalue weighted by Crippen LogP contribution is -2.41. The lowest BCUT2D eigenvalue weighted by atomic mass is 9.96. The van der Waals surface area contributed by atoms with Crippen LogP contribution in [-0.4, -0.2) is 29.8 Å². The second kappa shape index (κ2) is 7.46. The highest BCUT2D eigenvalue weighted by atomic mass is 19.4. The molecule has 0 bridgehead atoms. The van der Waals surface area contributed by atoms with Crippen LogP contribution in [0.2, 0.25) is 0 Å². The molecule has 2 aromatic rings. The summed E-state index contributed by atoms with van der Waals surface area (Å²) in [5.74, 6) is 0.0570. The molecule has 2 aromatic carbocycles. The number of ketones is 1. The summed E-state index contributed by atoms with van der Waals surface area (Å²) in [5.41, 5.74) is 1.53. The molecule has 3 rings (SSSR count). The summed E-state index contributed by atoms with van der Waals surface area (Å²) >= 11 is 0. The Morgan fingerprint density at radius 2 is 1.81 bits per heavy atom. The number of nitrogens with zero attached hydrogens (tertiary/aromatic N) is 1. The molecule has 1 atom stereocenters. The van der Waals surface area contributed by atoms with E-state index in [1.165, 1.54) is 12.1 Å². The van der Waals surface area contributed by atoms with Gasteiger partial charge in [0, 0.05) is 18.7 Å². The molecule has 1 unspecified atom stereocenters. The molecule has 136 valence electrons. The summed E-state index contributed by atoms with van der Waals surface area (Å²) in [6, 6.07) is 14.3. The fourth-order valence-corrected chi connectivity index (χ4v) is 3.20. The summed E-state index contributed by atoms with van der Waals surface area (Å²) < 4.78 is 38.7. The molecule has 26 heavy (non-hydrogen) atoms. The summed E-state index contributed by atoms with van der Waals surface area (Å²) in [7, 11) is 0. The number of Topliss-reactive ketones (excluding diaryl/α,β-unsaturated/α-hetero) is 1. The monoisotopic (exact) mass is 359 g/mol. The largest absolute Gasteiger partial charge is 0.416 e. The maximum atomic E-state index is 12.9. The first-order valence-electron chi connectivity index (χ1n) is 8.56.